The third-order valence-electron chi connectivity index (χ3n) is 4.40. The summed E-state index contributed by atoms with van der Waals surface area (Å²) in [6.45, 7) is 2.29. The van der Waals surface area contributed by atoms with Gasteiger partial charge < -0.3 is 9.84 Å². The van der Waals surface area contributed by atoms with E-state index in [1.165, 1.54) is 18.2 Å². The van der Waals surface area contributed by atoms with E-state index in [2.05, 4.69) is 4.98 Å². The molecule has 7 nitrogen and oxygen atoms in total. The van der Waals surface area contributed by atoms with Gasteiger partial charge in [0.1, 0.15) is 16.3 Å². The van der Waals surface area contributed by atoms with Crippen molar-refractivity contribution < 1.29 is 19.0 Å². The number of carboxylic acid groups (broad SMARTS) is 1. The number of thioether (sulfide) groups is 1. The number of hydrogen-bond donors (Lipinski definition) is 1. The van der Waals surface area contributed by atoms with Crippen LogP contribution in [0.5, 0.6) is 5.75 Å². The molecule has 0 aliphatic rings. The molecule has 164 valence electrons. The zero-order valence-electron chi connectivity index (χ0n) is 16.6. The smallest absolute Gasteiger partial charge is 0.313 e. The highest BCUT2D eigenvalue weighted by atomic mass is 32.2. The van der Waals surface area contributed by atoms with E-state index in [1.807, 2.05) is 19.1 Å². The Morgan fingerprint density at radius 3 is 2.56 bits per heavy atom. The van der Waals surface area contributed by atoms with Gasteiger partial charge in [-0.2, -0.15) is 0 Å². The Bertz CT molecular complexity index is 1440. The van der Waals surface area contributed by atoms with Gasteiger partial charge in [0.15, 0.2) is 14.8 Å². The van der Waals surface area contributed by atoms with Crippen LogP contribution >= 0.6 is 35.3 Å². The van der Waals surface area contributed by atoms with Gasteiger partial charge in [-0.1, -0.05) is 47.4 Å². The molecule has 0 bridgehead atoms. The lowest BCUT2D eigenvalue weighted by Crippen LogP contribution is -2.23. The fraction of sp³-hybridized carbons (Fsp3) is 0.143. The first-order chi connectivity index (χ1) is 15.4. The largest absolute Gasteiger partial charge is 0.492 e. The zero-order valence-corrected chi connectivity index (χ0v) is 19.1. The van der Waals surface area contributed by atoms with Crippen molar-refractivity contribution in [2.75, 3.05) is 12.4 Å². The maximum atomic E-state index is 14.6. The fourth-order valence-corrected chi connectivity index (χ4v) is 5.14. The summed E-state index contributed by atoms with van der Waals surface area (Å²) in [6.07, 6.45) is 0. The lowest BCUT2D eigenvalue weighted by Gasteiger charge is -2.14. The normalized spacial score (nSPS) is 11.1. The van der Waals surface area contributed by atoms with Crippen LogP contribution in [-0.2, 0) is 4.79 Å². The van der Waals surface area contributed by atoms with E-state index in [-0.39, 0.29) is 26.9 Å². The van der Waals surface area contributed by atoms with Crippen LogP contribution in [0.3, 0.4) is 0 Å². The van der Waals surface area contributed by atoms with Crippen LogP contribution < -0.4 is 10.3 Å². The van der Waals surface area contributed by atoms with Gasteiger partial charge in [0, 0.05) is 0 Å². The number of aliphatic carboxylic acids is 1. The summed E-state index contributed by atoms with van der Waals surface area (Å²) < 4.78 is 23.6. The lowest BCUT2D eigenvalue weighted by atomic mass is 10.3. The Hall–Kier alpha value is -3.02. The number of para-hydroxylation sites is 3. The first kappa shape index (κ1) is 22.2. The number of nitrogens with zero attached hydrogens (tertiary/aromatic N) is 3. The summed E-state index contributed by atoms with van der Waals surface area (Å²) in [5.74, 6) is -1.51. The Kier molecular flexibility index (Phi) is 6.40. The molecule has 0 fully saturated rings. The average molecular weight is 490 g/mol. The monoisotopic (exact) mass is 489 g/mol. The van der Waals surface area contributed by atoms with E-state index in [0.29, 0.717) is 22.0 Å². The van der Waals surface area contributed by atoms with Gasteiger partial charge >= 0.3 is 5.97 Å². The molecule has 1 N–H and O–H groups in total. The first-order valence-corrected chi connectivity index (χ1v) is 11.6. The molecular weight excluding hydrogens is 473 g/mol. The molecule has 4 rings (SSSR count). The second kappa shape index (κ2) is 9.23. The van der Waals surface area contributed by atoms with E-state index < -0.39 is 17.3 Å². The Morgan fingerprint density at radius 1 is 1.19 bits per heavy atom. The molecule has 2 aromatic heterocycles. The maximum absolute atomic E-state index is 14.6. The number of thiazole rings is 1. The van der Waals surface area contributed by atoms with E-state index in [1.54, 1.807) is 22.8 Å². The third kappa shape index (κ3) is 4.06. The zero-order chi connectivity index (χ0) is 22.8. The van der Waals surface area contributed by atoms with E-state index in [9.17, 15) is 14.0 Å². The molecule has 4 aromatic rings. The standard InChI is InChI=1S/C21H16FN3O4S3/c1-2-29-15-10-6-5-9-14(15)24-18-17(32-21(24)30)19(28)25(13-8-4-3-7-12(13)22)20(23-18)31-11-16(26)27/h3-10H,2,11H2,1H3,(H,26,27). The number of benzene rings is 2. The summed E-state index contributed by atoms with van der Waals surface area (Å²) in [4.78, 5) is 29.2. The number of rotatable bonds is 7. The van der Waals surface area contributed by atoms with Crippen molar-refractivity contribution in [3.05, 3.63) is 68.7 Å². The summed E-state index contributed by atoms with van der Waals surface area (Å²) in [7, 11) is 0. The minimum atomic E-state index is -1.09. The van der Waals surface area contributed by atoms with Gasteiger partial charge in [-0.3, -0.25) is 18.7 Å². The van der Waals surface area contributed by atoms with Crippen molar-refractivity contribution in [1.29, 1.82) is 0 Å². The lowest BCUT2D eigenvalue weighted by molar-refractivity contribution is -0.133. The molecule has 2 heterocycles. The molecule has 0 aliphatic carbocycles. The van der Waals surface area contributed by atoms with Crippen LogP contribution in [0.15, 0.2) is 58.5 Å². The quantitative estimate of drug-likeness (QED) is 0.229. The van der Waals surface area contributed by atoms with Crippen molar-refractivity contribution in [3.63, 3.8) is 0 Å². The van der Waals surface area contributed by atoms with Crippen LogP contribution in [0, 0.1) is 9.77 Å². The summed E-state index contributed by atoms with van der Waals surface area (Å²) >= 11 is 7.42. The molecule has 0 amide bonds. The summed E-state index contributed by atoms with van der Waals surface area (Å²) in [5.41, 5.74) is 0.324. The molecule has 0 spiro atoms. The Balaban J connectivity index is 2.05. The van der Waals surface area contributed by atoms with Gasteiger partial charge in [0.25, 0.3) is 5.56 Å². The maximum Gasteiger partial charge on any atom is 0.313 e. The fourth-order valence-electron chi connectivity index (χ4n) is 3.14. The van der Waals surface area contributed by atoms with Crippen molar-refractivity contribution in [3.8, 4) is 17.1 Å². The highest BCUT2D eigenvalue weighted by Gasteiger charge is 2.22. The molecule has 0 radical (unpaired) electrons. The number of aromatic nitrogens is 3. The minimum Gasteiger partial charge on any atom is -0.492 e. The van der Waals surface area contributed by atoms with Gasteiger partial charge in [-0.15, -0.1) is 0 Å². The number of ether oxygens (including phenoxy) is 1. The third-order valence-corrected chi connectivity index (χ3v) is 6.68. The minimum absolute atomic E-state index is 0.0135. The van der Waals surface area contributed by atoms with Crippen molar-refractivity contribution in [2.24, 2.45) is 0 Å². The molecule has 11 heteroatoms. The molecule has 0 saturated carbocycles. The summed E-state index contributed by atoms with van der Waals surface area (Å²) in [5, 5.41) is 9.21. The molecule has 0 saturated heterocycles. The van der Waals surface area contributed by atoms with Crippen LogP contribution in [0.2, 0.25) is 0 Å². The van der Waals surface area contributed by atoms with Gasteiger partial charge in [0.2, 0.25) is 0 Å². The SMILES string of the molecule is CCOc1ccccc1-n1c(=S)sc2c(=O)n(-c3ccccc3F)c(SCC(=O)O)nc21. The number of halogens is 1. The van der Waals surface area contributed by atoms with Crippen LogP contribution in [0.1, 0.15) is 6.92 Å². The molecule has 0 unspecified atom stereocenters. The van der Waals surface area contributed by atoms with E-state index in [4.69, 9.17) is 22.1 Å². The van der Waals surface area contributed by atoms with Crippen LogP contribution in [0.25, 0.3) is 21.7 Å². The van der Waals surface area contributed by atoms with Gasteiger partial charge in [0.05, 0.1) is 23.7 Å². The highest BCUT2D eigenvalue weighted by Crippen LogP contribution is 2.31. The van der Waals surface area contributed by atoms with Crippen LogP contribution in [-0.4, -0.2) is 37.6 Å². The van der Waals surface area contributed by atoms with E-state index >= 15 is 0 Å². The number of fused-ring (bicyclic) bond motifs is 1. The molecule has 0 aliphatic heterocycles. The van der Waals surface area contributed by atoms with Gasteiger partial charge in [-0.05, 0) is 43.4 Å². The van der Waals surface area contributed by atoms with E-state index in [0.717, 1.165) is 27.7 Å². The van der Waals surface area contributed by atoms with Crippen molar-refractivity contribution >= 4 is 51.6 Å². The first-order valence-electron chi connectivity index (χ1n) is 9.42. The Morgan fingerprint density at radius 2 is 1.88 bits per heavy atom. The van der Waals surface area contributed by atoms with Crippen LogP contribution in [0.4, 0.5) is 4.39 Å². The number of carboxylic acids is 1. The summed E-state index contributed by atoms with van der Waals surface area (Å²) in [6, 6.07) is 13.0. The van der Waals surface area contributed by atoms with Crippen molar-refractivity contribution in [1.82, 2.24) is 14.1 Å². The molecule has 0 atom stereocenters. The second-order valence-electron chi connectivity index (χ2n) is 6.43. The second-order valence-corrected chi connectivity index (χ2v) is 9.01. The number of hydrogen-bond acceptors (Lipinski definition) is 7. The molecule has 32 heavy (non-hydrogen) atoms. The number of carbonyl (C=O) groups is 1. The Labute approximate surface area is 194 Å². The van der Waals surface area contributed by atoms with Gasteiger partial charge in [-0.25, -0.2) is 9.37 Å². The van der Waals surface area contributed by atoms with Crippen molar-refractivity contribution in [2.45, 2.75) is 12.1 Å². The molecular formula is C21H16FN3O4S3. The topological polar surface area (TPSA) is 86.3 Å². The average Bonchev–Trinajstić information content (AvgIpc) is 3.10. The predicted octanol–water partition coefficient (Wildman–Crippen LogP) is 4.68. The molecule has 2 aromatic carbocycles. The highest BCUT2D eigenvalue weighted by molar-refractivity contribution is 7.99. The predicted molar refractivity (Wildman–Crippen MR) is 125 cm³/mol.